The van der Waals surface area contributed by atoms with E-state index in [2.05, 4.69) is 19.1 Å². The molecule has 2 atom stereocenters. The molecule has 0 aromatic carbocycles. The lowest BCUT2D eigenvalue weighted by atomic mass is 9.80. The summed E-state index contributed by atoms with van der Waals surface area (Å²) in [6, 6.07) is 0. The fraction of sp³-hybridized carbons (Fsp3) is 0.833. The molecule has 0 aromatic rings. The number of rotatable bonds is 4. The van der Waals surface area contributed by atoms with Gasteiger partial charge in [-0.1, -0.05) is 38.3 Å². The maximum atomic E-state index is 5.45. The summed E-state index contributed by atoms with van der Waals surface area (Å²) in [7, 11) is 0. The van der Waals surface area contributed by atoms with Crippen molar-refractivity contribution < 1.29 is 0 Å². The molecule has 2 unspecified atom stereocenters. The van der Waals surface area contributed by atoms with Gasteiger partial charge in [0.05, 0.1) is 0 Å². The highest BCUT2D eigenvalue weighted by Crippen LogP contribution is 2.31. The molecule has 0 amide bonds. The monoisotopic (exact) mass is 181 g/mol. The molecule has 1 rings (SSSR count). The molecule has 1 nitrogen and oxygen atoms in total. The van der Waals surface area contributed by atoms with E-state index < -0.39 is 0 Å². The van der Waals surface area contributed by atoms with E-state index in [4.69, 9.17) is 5.73 Å². The third kappa shape index (κ3) is 3.95. The molecular formula is C12H23N. The van der Waals surface area contributed by atoms with Gasteiger partial charge >= 0.3 is 0 Å². The maximum absolute atomic E-state index is 5.45. The molecule has 13 heavy (non-hydrogen) atoms. The molecular weight excluding hydrogens is 158 g/mol. The third-order valence-corrected chi connectivity index (χ3v) is 3.14. The SMILES string of the molecule is CCC1CCCC(C=CCCN)C1. The normalized spacial score (nSPS) is 29.7. The van der Waals surface area contributed by atoms with Crippen molar-refractivity contribution in [2.45, 2.75) is 45.4 Å². The zero-order valence-corrected chi connectivity index (χ0v) is 8.84. The van der Waals surface area contributed by atoms with Crippen molar-refractivity contribution in [3.63, 3.8) is 0 Å². The van der Waals surface area contributed by atoms with E-state index >= 15 is 0 Å². The topological polar surface area (TPSA) is 26.0 Å². The minimum absolute atomic E-state index is 0.792. The van der Waals surface area contributed by atoms with Crippen LogP contribution >= 0.6 is 0 Å². The van der Waals surface area contributed by atoms with Gasteiger partial charge in [-0.25, -0.2) is 0 Å². The largest absolute Gasteiger partial charge is 0.330 e. The molecule has 1 aliphatic carbocycles. The summed E-state index contributed by atoms with van der Waals surface area (Å²) in [4.78, 5) is 0. The van der Waals surface area contributed by atoms with Crippen LogP contribution in [0.2, 0.25) is 0 Å². The first-order valence-electron chi connectivity index (χ1n) is 5.73. The first-order valence-corrected chi connectivity index (χ1v) is 5.73. The second kappa shape index (κ2) is 6.20. The van der Waals surface area contributed by atoms with Crippen molar-refractivity contribution in [2.75, 3.05) is 6.54 Å². The van der Waals surface area contributed by atoms with Gasteiger partial charge in [-0.3, -0.25) is 0 Å². The van der Waals surface area contributed by atoms with Gasteiger partial charge in [-0.15, -0.1) is 0 Å². The van der Waals surface area contributed by atoms with Crippen molar-refractivity contribution in [3.05, 3.63) is 12.2 Å². The predicted molar refractivity (Wildman–Crippen MR) is 58.6 cm³/mol. The Morgan fingerprint density at radius 2 is 2.23 bits per heavy atom. The molecule has 0 bridgehead atoms. The van der Waals surface area contributed by atoms with Gasteiger partial charge < -0.3 is 5.73 Å². The Bertz CT molecular complexity index is 151. The quantitative estimate of drug-likeness (QED) is 0.663. The van der Waals surface area contributed by atoms with Gasteiger partial charge in [0.25, 0.3) is 0 Å². The molecule has 76 valence electrons. The van der Waals surface area contributed by atoms with Gasteiger partial charge in [0.15, 0.2) is 0 Å². The Balaban J connectivity index is 2.25. The molecule has 0 saturated heterocycles. The van der Waals surface area contributed by atoms with Crippen LogP contribution in [0.1, 0.15) is 45.4 Å². The molecule has 0 aromatic heterocycles. The van der Waals surface area contributed by atoms with Crippen LogP contribution in [0.25, 0.3) is 0 Å². The molecule has 0 aliphatic heterocycles. The van der Waals surface area contributed by atoms with E-state index in [-0.39, 0.29) is 0 Å². The third-order valence-electron chi connectivity index (χ3n) is 3.14. The minimum atomic E-state index is 0.792. The molecule has 0 heterocycles. The smallest absolute Gasteiger partial charge is 0.00426 e. The van der Waals surface area contributed by atoms with Crippen LogP contribution in [0, 0.1) is 11.8 Å². The molecule has 1 saturated carbocycles. The van der Waals surface area contributed by atoms with Crippen molar-refractivity contribution in [1.82, 2.24) is 0 Å². The number of hydrogen-bond acceptors (Lipinski definition) is 1. The Morgan fingerprint density at radius 1 is 1.38 bits per heavy atom. The lowest BCUT2D eigenvalue weighted by Crippen LogP contribution is -2.13. The summed E-state index contributed by atoms with van der Waals surface area (Å²) in [5, 5.41) is 0. The van der Waals surface area contributed by atoms with Crippen LogP contribution in [0.5, 0.6) is 0 Å². The number of nitrogens with two attached hydrogens (primary N) is 1. The molecule has 0 spiro atoms. The van der Waals surface area contributed by atoms with Crippen LogP contribution in [0.4, 0.5) is 0 Å². The highest BCUT2D eigenvalue weighted by Gasteiger charge is 2.18. The summed E-state index contributed by atoms with van der Waals surface area (Å²) >= 11 is 0. The minimum Gasteiger partial charge on any atom is -0.330 e. The van der Waals surface area contributed by atoms with Crippen LogP contribution in [0.15, 0.2) is 12.2 Å². The van der Waals surface area contributed by atoms with E-state index in [1.807, 2.05) is 0 Å². The van der Waals surface area contributed by atoms with Crippen molar-refractivity contribution in [1.29, 1.82) is 0 Å². The molecule has 1 fully saturated rings. The fourth-order valence-corrected chi connectivity index (χ4v) is 2.26. The lowest BCUT2D eigenvalue weighted by molar-refractivity contribution is 0.297. The van der Waals surface area contributed by atoms with E-state index in [1.54, 1.807) is 0 Å². The molecule has 1 aliphatic rings. The standard InChI is InChI=1S/C12H23N/c1-2-11-7-5-8-12(10-11)6-3-4-9-13/h3,6,11-12H,2,4-5,7-10,13H2,1H3. The molecule has 0 radical (unpaired) electrons. The van der Waals surface area contributed by atoms with Gasteiger partial charge in [0, 0.05) is 0 Å². The van der Waals surface area contributed by atoms with Crippen LogP contribution in [-0.2, 0) is 0 Å². The first-order chi connectivity index (χ1) is 6.36. The summed E-state index contributed by atoms with van der Waals surface area (Å²) < 4.78 is 0. The van der Waals surface area contributed by atoms with E-state index in [0.717, 1.165) is 24.8 Å². The summed E-state index contributed by atoms with van der Waals surface area (Å²) in [5.74, 6) is 1.84. The lowest BCUT2D eigenvalue weighted by Gasteiger charge is -2.26. The fourth-order valence-electron chi connectivity index (χ4n) is 2.26. The Kier molecular flexibility index (Phi) is 5.14. The maximum Gasteiger partial charge on any atom is -0.00426 e. The van der Waals surface area contributed by atoms with Gasteiger partial charge in [0.1, 0.15) is 0 Å². The zero-order chi connectivity index (χ0) is 9.52. The van der Waals surface area contributed by atoms with Crippen molar-refractivity contribution in [3.8, 4) is 0 Å². The van der Waals surface area contributed by atoms with E-state index in [0.29, 0.717) is 0 Å². The van der Waals surface area contributed by atoms with Crippen molar-refractivity contribution in [2.24, 2.45) is 17.6 Å². The Hall–Kier alpha value is -0.300. The zero-order valence-electron chi connectivity index (χ0n) is 8.84. The van der Waals surface area contributed by atoms with Crippen molar-refractivity contribution >= 4 is 0 Å². The Labute approximate surface area is 82.4 Å². The summed E-state index contributed by atoms with van der Waals surface area (Å²) in [6.45, 7) is 3.11. The van der Waals surface area contributed by atoms with Crippen LogP contribution in [0.3, 0.4) is 0 Å². The van der Waals surface area contributed by atoms with Gasteiger partial charge in [-0.2, -0.15) is 0 Å². The highest BCUT2D eigenvalue weighted by atomic mass is 14.5. The number of hydrogen-bond donors (Lipinski definition) is 1. The Morgan fingerprint density at radius 3 is 2.92 bits per heavy atom. The average Bonchev–Trinajstić information content (AvgIpc) is 2.19. The van der Waals surface area contributed by atoms with Gasteiger partial charge in [0.2, 0.25) is 0 Å². The van der Waals surface area contributed by atoms with E-state index in [1.165, 1.54) is 32.1 Å². The van der Waals surface area contributed by atoms with Crippen LogP contribution in [-0.4, -0.2) is 6.54 Å². The molecule has 1 heteroatoms. The molecule has 2 N–H and O–H groups in total. The second-order valence-electron chi connectivity index (χ2n) is 4.21. The summed E-state index contributed by atoms with van der Waals surface area (Å²) in [6.07, 6.45) is 12.8. The van der Waals surface area contributed by atoms with E-state index in [9.17, 15) is 0 Å². The number of allylic oxidation sites excluding steroid dienone is 1. The first kappa shape index (κ1) is 10.8. The van der Waals surface area contributed by atoms with Gasteiger partial charge in [-0.05, 0) is 37.6 Å². The highest BCUT2D eigenvalue weighted by molar-refractivity contribution is 4.91. The average molecular weight is 181 g/mol. The second-order valence-corrected chi connectivity index (χ2v) is 4.21. The summed E-state index contributed by atoms with van der Waals surface area (Å²) in [5.41, 5.74) is 5.45. The predicted octanol–water partition coefficient (Wildman–Crippen LogP) is 3.11. The van der Waals surface area contributed by atoms with Crippen LogP contribution < -0.4 is 5.73 Å².